The lowest BCUT2D eigenvalue weighted by Crippen LogP contribution is -2.21. The third kappa shape index (κ3) is 7.64. The maximum atomic E-state index is 6.24. The monoisotopic (exact) mass is 220 g/mol. The molecule has 0 heterocycles. The summed E-state index contributed by atoms with van der Waals surface area (Å²) >= 11 is 6.24. The highest BCUT2D eigenvalue weighted by atomic mass is 35.5. The lowest BCUT2D eigenvalue weighted by molar-refractivity contribution is 0.125. The van der Waals surface area contributed by atoms with Gasteiger partial charge in [0.05, 0.1) is 0 Å². The van der Waals surface area contributed by atoms with Crippen molar-refractivity contribution in [2.45, 2.75) is 58.8 Å². The molecule has 0 N–H and O–H groups in total. The minimum atomic E-state index is 0.213. The summed E-state index contributed by atoms with van der Waals surface area (Å²) in [6.07, 6.45) is 4.51. The number of ether oxygens (including phenoxy) is 1. The van der Waals surface area contributed by atoms with Gasteiger partial charge in [-0.05, 0) is 24.7 Å². The molecule has 0 aromatic rings. The standard InChI is InChI=1S/C12H25ClO/c1-5-6-9-14-10-7-8-11(13)12(2,3)4/h11H,5-10H2,1-4H3. The van der Waals surface area contributed by atoms with Gasteiger partial charge in [-0.2, -0.15) is 0 Å². The van der Waals surface area contributed by atoms with Crippen LogP contribution < -0.4 is 0 Å². The largest absolute Gasteiger partial charge is 0.381 e. The zero-order valence-corrected chi connectivity index (χ0v) is 10.9. The van der Waals surface area contributed by atoms with Crippen LogP contribution in [-0.2, 0) is 4.74 Å². The van der Waals surface area contributed by atoms with Crippen molar-refractivity contribution < 1.29 is 4.74 Å². The summed E-state index contributed by atoms with van der Waals surface area (Å²) in [6.45, 7) is 10.5. The van der Waals surface area contributed by atoms with E-state index >= 15 is 0 Å². The van der Waals surface area contributed by atoms with Crippen molar-refractivity contribution in [1.82, 2.24) is 0 Å². The van der Waals surface area contributed by atoms with E-state index in [1.807, 2.05) is 0 Å². The molecule has 0 fully saturated rings. The minimum Gasteiger partial charge on any atom is -0.381 e. The average Bonchev–Trinajstić information content (AvgIpc) is 2.09. The molecule has 0 amide bonds. The molecule has 0 bridgehead atoms. The predicted octanol–water partition coefficient (Wildman–Crippen LogP) is 4.24. The highest BCUT2D eigenvalue weighted by Crippen LogP contribution is 2.27. The van der Waals surface area contributed by atoms with Crippen LogP contribution in [0.5, 0.6) is 0 Å². The van der Waals surface area contributed by atoms with Gasteiger partial charge in [-0.25, -0.2) is 0 Å². The number of rotatable bonds is 7. The number of hydrogen-bond acceptors (Lipinski definition) is 1. The van der Waals surface area contributed by atoms with Gasteiger partial charge < -0.3 is 4.74 Å². The fourth-order valence-corrected chi connectivity index (χ4v) is 1.30. The van der Waals surface area contributed by atoms with Crippen molar-refractivity contribution in [2.75, 3.05) is 13.2 Å². The van der Waals surface area contributed by atoms with E-state index in [1.54, 1.807) is 0 Å². The van der Waals surface area contributed by atoms with Crippen LogP contribution >= 0.6 is 11.6 Å². The Morgan fingerprint density at radius 3 is 2.21 bits per heavy atom. The van der Waals surface area contributed by atoms with Crippen molar-refractivity contribution in [3.8, 4) is 0 Å². The van der Waals surface area contributed by atoms with Crippen LogP contribution in [0.3, 0.4) is 0 Å². The van der Waals surface area contributed by atoms with Crippen LogP contribution in [0.4, 0.5) is 0 Å². The van der Waals surface area contributed by atoms with Crippen LogP contribution in [0, 0.1) is 5.41 Å². The van der Waals surface area contributed by atoms with Gasteiger partial charge in [0.15, 0.2) is 0 Å². The molecule has 0 spiro atoms. The van der Waals surface area contributed by atoms with Crippen molar-refractivity contribution in [1.29, 1.82) is 0 Å². The maximum absolute atomic E-state index is 6.24. The summed E-state index contributed by atoms with van der Waals surface area (Å²) < 4.78 is 5.48. The Morgan fingerprint density at radius 2 is 1.71 bits per heavy atom. The highest BCUT2D eigenvalue weighted by Gasteiger charge is 2.21. The first-order valence-corrected chi connectivity index (χ1v) is 6.14. The van der Waals surface area contributed by atoms with Gasteiger partial charge in [-0.3, -0.25) is 0 Å². The molecule has 1 unspecified atom stereocenters. The van der Waals surface area contributed by atoms with Crippen LogP contribution in [0.15, 0.2) is 0 Å². The second kappa shape index (κ2) is 7.53. The van der Waals surface area contributed by atoms with E-state index in [2.05, 4.69) is 27.7 Å². The smallest absolute Gasteiger partial charge is 0.0466 e. The number of unbranched alkanes of at least 4 members (excludes halogenated alkanes) is 1. The molecule has 0 aliphatic heterocycles. The lowest BCUT2D eigenvalue weighted by atomic mass is 9.89. The molecule has 0 saturated heterocycles. The summed E-state index contributed by atoms with van der Waals surface area (Å²) in [5.74, 6) is 0. The second-order valence-corrected chi connectivity index (χ2v) is 5.47. The molecule has 0 aliphatic carbocycles. The zero-order valence-electron chi connectivity index (χ0n) is 10.1. The molecule has 0 rings (SSSR count). The summed E-state index contributed by atoms with van der Waals surface area (Å²) in [5, 5.41) is 0.261. The Bertz CT molecular complexity index is 129. The van der Waals surface area contributed by atoms with Gasteiger partial charge in [-0.15, -0.1) is 11.6 Å². The summed E-state index contributed by atoms with van der Waals surface area (Å²) in [7, 11) is 0. The van der Waals surface area contributed by atoms with E-state index in [0.29, 0.717) is 0 Å². The fraction of sp³-hybridized carbons (Fsp3) is 1.00. The lowest BCUT2D eigenvalue weighted by Gasteiger charge is -2.24. The topological polar surface area (TPSA) is 9.23 Å². The molecule has 0 saturated carbocycles. The van der Waals surface area contributed by atoms with Gasteiger partial charge in [0.2, 0.25) is 0 Å². The molecule has 1 nitrogen and oxygen atoms in total. The Balaban J connectivity index is 3.28. The first-order chi connectivity index (χ1) is 6.48. The normalized spacial score (nSPS) is 14.4. The first-order valence-electron chi connectivity index (χ1n) is 5.70. The molecule has 14 heavy (non-hydrogen) atoms. The van der Waals surface area contributed by atoms with Gasteiger partial charge >= 0.3 is 0 Å². The van der Waals surface area contributed by atoms with Crippen LogP contribution in [0.25, 0.3) is 0 Å². The van der Waals surface area contributed by atoms with E-state index in [-0.39, 0.29) is 10.8 Å². The molecule has 0 aromatic carbocycles. The zero-order chi connectivity index (χ0) is 11.0. The summed E-state index contributed by atoms with van der Waals surface area (Å²) in [6, 6.07) is 0. The van der Waals surface area contributed by atoms with E-state index in [4.69, 9.17) is 16.3 Å². The van der Waals surface area contributed by atoms with E-state index in [9.17, 15) is 0 Å². The van der Waals surface area contributed by atoms with Crippen LogP contribution in [-0.4, -0.2) is 18.6 Å². The summed E-state index contributed by atoms with van der Waals surface area (Å²) in [5.41, 5.74) is 0.213. The minimum absolute atomic E-state index is 0.213. The summed E-state index contributed by atoms with van der Waals surface area (Å²) in [4.78, 5) is 0. The Morgan fingerprint density at radius 1 is 1.14 bits per heavy atom. The molecular formula is C12H25ClO. The SMILES string of the molecule is CCCCOCCCC(Cl)C(C)(C)C. The Labute approximate surface area is 94.2 Å². The molecule has 1 atom stereocenters. The molecule has 0 aliphatic rings. The molecule has 2 heteroatoms. The van der Waals surface area contributed by atoms with E-state index in [0.717, 1.165) is 26.1 Å². The van der Waals surface area contributed by atoms with E-state index in [1.165, 1.54) is 12.8 Å². The number of halogens is 1. The average molecular weight is 221 g/mol. The Hall–Kier alpha value is 0.250. The fourth-order valence-electron chi connectivity index (χ4n) is 1.15. The van der Waals surface area contributed by atoms with Crippen molar-refractivity contribution in [3.63, 3.8) is 0 Å². The third-order valence-electron chi connectivity index (χ3n) is 2.33. The highest BCUT2D eigenvalue weighted by molar-refractivity contribution is 6.21. The van der Waals surface area contributed by atoms with Crippen molar-refractivity contribution >= 4 is 11.6 Å². The third-order valence-corrected chi connectivity index (χ3v) is 3.20. The molecule has 86 valence electrons. The number of hydrogen-bond donors (Lipinski definition) is 0. The van der Waals surface area contributed by atoms with Gasteiger partial charge in [0, 0.05) is 18.6 Å². The number of alkyl halides is 1. The van der Waals surface area contributed by atoms with Gasteiger partial charge in [-0.1, -0.05) is 34.1 Å². The predicted molar refractivity (Wildman–Crippen MR) is 64.1 cm³/mol. The van der Waals surface area contributed by atoms with Crippen molar-refractivity contribution in [2.24, 2.45) is 5.41 Å². The van der Waals surface area contributed by atoms with Gasteiger partial charge in [0.1, 0.15) is 0 Å². The Kier molecular flexibility index (Phi) is 7.66. The second-order valence-electron chi connectivity index (χ2n) is 4.94. The van der Waals surface area contributed by atoms with E-state index < -0.39 is 0 Å². The quantitative estimate of drug-likeness (QED) is 0.461. The maximum Gasteiger partial charge on any atom is 0.0466 e. The molecule has 0 radical (unpaired) electrons. The molecule has 0 aromatic heterocycles. The van der Waals surface area contributed by atoms with Crippen molar-refractivity contribution in [3.05, 3.63) is 0 Å². The van der Waals surface area contributed by atoms with Gasteiger partial charge in [0.25, 0.3) is 0 Å². The van der Waals surface area contributed by atoms with Crippen LogP contribution in [0.1, 0.15) is 53.4 Å². The molecular weight excluding hydrogens is 196 g/mol. The van der Waals surface area contributed by atoms with Crippen LogP contribution in [0.2, 0.25) is 0 Å². The first kappa shape index (κ1) is 14.2.